The van der Waals surface area contributed by atoms with Crippen molar-refractivity contribution in [2.45, 2.75) is 26.0 Å². The van der Waals surface area contributed by atoms with Gasteiger partial charge >= 0.3 is 0 Å². The van der Waals surface area contributed by atoms with Crippen molar-refractivity contribution < 1.29 is 14.3 Å². The van der Waals surface area contributed by atoms with Gasteiger partial charge in [-0.1, -0.05) is 0 Å². The number of rotatable bonds is 7. The van der Waals surface area contributed by atoms with Crippen LogP contribution in [0, 0.1) is 0 Å². The van der Waals surface area contributed by atoms with Gasteiger partial charge in [0.05, 0.1) is 25.4 Å². The second-order valence-electron chi connectivity index (χ2n) is 6.62. The fourth-order valence-corrected chi connectivity index (χ4v) is 3.77. The Morgan fingerprint density at radius 3 is 2.58 bits per heavy atom. The van der Waals surface area contributed by atoms with Gasteiger partial charge < -0.3 is 14.8 Å². The Hall–Kier alpha value is -1.89. The van der Waals surface area contributed by atoms with Crippen molar-refractivity contribution >= 4 is 17.2 Å². The average molecular weight is 375 g/mol. The minimum atomic E-state index is -0.0606. The molecule has 26 heavy (non-hydrogen) atoms. The zero-order chi connectivity index (χ0) is 18.4. The summed E-state index contributed by atoms with van der Waals surface area (Å²) in [6.45, 7) is 7.81. The summed E-state index contributed by atoms with van der Waals surface area (Å²) in [6.07, 6.45) is 0.120. The van der Waals surface area contributed by atoms with E-state index in [0.29, 0.717) is 12.1 Å². The molecule has 1 atom stereocenters. The van der Waals surface area contributed by atoms with Crippen LogP contribution >= 0.6 is 11.3 Å². The molecule has 1 aliphatic rings. The Bertz CT molecular complexity index is 680. The average Bonchev–Trinajstić information content (AvgIpc) is 3.17. The van der Waals surface area contributed by atoms with Crippen LogP contribution in [0.25, 0.3) is 0 Å². The molecule has 6 heteroatoms. The number of carbonyl (C=O) groups excluding carboxylic acids is 1. The molecule has 3 rings (SSSR count). The van der Waals surface area contributed by atoms with Crippen LogP contribution in [0.5, 0.6) is 5.75 Å². The van der Waals surface area contributed by atoms with Gasteiger partial charge in [-0.15, -0.1) is 0 Å². The molecule has 0 aliphatic carbocycles. The summed E-state index contributed by atoms with van der Waals surface area (Å²) in [5.74, 6) is 0.718. The summed E-state index contributed by atoms with van der Waals surface area (Å²) in [5.41, 5.74) is 1.89. The summed E-state index contributed by atoms with van der Waals surface area (Å²) in [4.78, 5) is 14.9. The number of amides is 1. The van der Waals surface area contributed by atoms with Gasteiger partial charge in [0.2, 0.25) is 0 Å². The molecule has 1 saturated heterocycles. The summed E-state index contributed by atoms with van der Waals surface area (Å²) in [5, 5.41) is 7.33. The molecular weight excluding hydrogens is 348 g/mol. The summed E-state index contributed by atoms with van der Waals surface area (Å²) in [7, 11) is 0. The minimum Gasteiger partial charge on any atom is -0.491 e. The maximum Gasteiger partial charge on any atom is 0.251 e. The second-order valence-corrected chi connectivity index (χ2v) is 7.40. The Morgan fingerprint density at radius 1 is 1.23 bits per heavy atom. The Kier molecular flexibility index (Phi) is 6.66. The van der Waals surface area contributed by atoms with Crippen molar-refractivity contribution in [1.29, 1.82) is 0 Å². The van der Waals surface area contributed by atoms with E-state index in [-0.39, 0.29) is 18.1 Å². The molecule has 0 saturated carbocycles. The van der Waals surface area contributed by atoms with Gasteiger partial charge in [0.15, 0.2) is 0 Å². The Labute approximate surface area is 158 Å². The van der Waals surface area contributed by atoms with Crippen molar-refractivity contribution in [3.8, 4) is 5.75 Å². The molecule has 1 fully saturated rings. The molecular formula is C20H26N2O3S. The van der Waals surface area contributed by atoms with E-state index >= 15 is 0 Å². The molecule has 0 radical (unpaired) electrons. The van der Waals surface area contributed by atoms with Crippen molar-refractivity contribution in [1.82, 2.24) is 10.2 Å². The molecule has 5 nitrogen and oxygen atoms in total. The van der Waals surface area contributed by atoms with Crippen LogP contribution in [-0.4, -0.2) is 49.8 Å². The van der Waals surface area contributed by atoms with Crippen molar-refractivity contribution in [2.24, 2.45) is 0 Å². The molecule has 0 spiro atoms. The molecule has 1 aliphatic heterocycles. The molecule has 0 bridgehead atoms. The van der Waals surface area contributed by atoms with E-state index in [1.165, 1.54) is 5.56 Å². The van der Waals surface area contributed by atoms with Crippen molar-refractivity contribution in [2.75, 3.05) is 32.8 Å². The van der Waals surface area contributed by atoms with Crippen LogP contribution in [0.15, 0.2) is 41.1 Å². The second kappa shape index (κ2) is 9.16. The van der Waals surface area contributed by atoms with Crippen LogP contribution in [0.2, 0.25) is 0 Å². The lowest BCUT2D eigenvalue weighted by Gasteiger charge is -2.34. The van der Waals surface area contributed by atoms with Crippen LogP contribution in [0.1, 0.15) is 35.8 Å². The lowest BCUT2D eigenvalue weighted by molar-refractivity contribution is 0.0163. The molecule has 2 aromatic rings. The normalized spacial score (nSPS) is 16.4. The fraction of sp³-hybridized carbons (Fsp3) is 0.450. The zero-order valence-corrected chi connectivity index (χ0v) is 16.1. The monoisotopic (exact) mass is 374 g/mol. The number of hydrogen-bond donors (Lipinski definition) is 1. The number of carbonyl (C=O) groups is 1. The molecule has 1 aromatic heterocycles. The third kappa shape index (κ3) is 5.06. The predicted octanol–water partition coefficient (Wildman–Crippen LogP) is 3.34. The summed E-state index contributed by atoms with van der Waals surface area (Å²) in [6, 6.07) is 9.61. The number of morpholine rings is 1. The maximum atomic E-state index is 12.5. The van der Waals surface area contributed by atoms with Crippen LogP contribution in [-0.2, 0) is 4.74 Å². The lowest BCUT2D eigenvalue weighted by Crippen LogP contribution is -2.43. The highest BCUT2D eigenvalue weighted by Crippen LogP contribution is 2.23. The number of nitrogens with one attached hydrogen (secondary N) is 1. The van der Waals surface area contributed by atoms with Gasteiger partial charge in [0, 0.05) is 25.2 Å². The number of thiophene rings is 1. The van der Waals surface area contributed by atoms with Gasteiger partial charge in [0.25, 0.3) is 5.91 Å². The summed E-state index contributed by atoms with van der Waals surface area (Å²) >= 11 is 1.68. The predicted molar refractivity (Wildman–Crippen MR) is 104 cm³/mol. The minimum absolute atomic E-state index is 0.0606. The van der Waals surface area contributed by atoms with Gasteiger partial charge in [-0.25, -0.2) is 0 Å². The molecule has 2 heterocycles. The highest BCUT2D eigenvalue weighted by Gasteiger charge is 2.23. The van der Waals surface area contributed by atoms with Gasteiger partial charge in [-0.3, -0.25) is 9.69 Å². The van der Waals surface area contributed by atoms with E-state index in [2.05, 4.69) is 27.0 Å². The first-order valence-electron chi connectivity index (χ1n) is 9.02. The maximum absolute atomic E-state index is 12.5. The Morgan fingerprint density at radius 2 is 1.96 bits per heavy atom. The zero-order valence-electron chi connectivity index (χ0n) is 15.3. The lowest BCUT2D eigenvalue weighted by atomic mass is 10.1. The molecule has 0 unspecified atom stereocenters. The largest absolute Gasteiger partial charge is 0.491 e. The van der Waals surface area contributed by atoms with Crippen molar-refractivity contribution in [3.05, 3.63) is 52.2 Å². The van der Waals surface area contributed by atoms with Gasteiger partial charge in [0.1, 0.15) is 5.75 Å². The highest BCUT2D eigenvalue weighted by molar-refractivity contribution is 7.07. The Balaban J connectivity index is 1.62. The standard InChI is InChI=1S/C20H26N2O3S/c1-15(2)25-18-5-3-16(4-6-18)20(23)21-13-19(17-7-12-26-14-17)22-8-10-24-11-9-22/h3-7,12,14-15,19H,8-11,13H2,1-2H3,(H,21,23)/t19-/m0/s1. The first-order valence-corrected chi connectivity index (χ1v) is 9.96. The first-order chi connectivity index (χ1) is 12.6. The van der Waals surface area contributed by atoms with Crippen LogP contribution in [0.4, 0.5) is 0 Å². The SMILES string of the molecule is CC(C)Oc1ccc(C(=O)NC[C@@H](c2ccsc2)N2CCOCC2)cc1. The molecule has 1 aromatic carbocycles. The van der Waals surface area contributed by atoms with Gasteiger partial charge in [-0.2, -0.15) is 11.3 Å². The number of hydrogen-bond acceptors (Lipinski definition) is 5. The third-order valence-electron chi connectivity index (χ3n) is 4.36. The molecule has 1 N–H and O–H groups in total. The van der Waals surface area contributed by atoms with E-state index in [1.807, 2.05) is 26.0 Å². The smallest absolute Gasteiger partial charge is 0.251 e. The number of ether oxygens (including phenoxy) is 2. The quantitative estimate of drug-likeness (QED) is 0.808. The van der Waals surface area contributed by atoms with E-state index < -0.39 is 0 Å². The van der Waals surface area contributed by atoms with Crippen LogP contribution in [0.3, 0.4) is 0 Å². The first kappa shape index (κ1) is 18.9. The highest BCUT2D eigenvalue weighted by atomic mass is 32.1. The van der Waals surface area contributed by atoms with E-state index in [9.17, 15) is 4.79 Å². The molecule has 140 valence electrons. The van der Waals surface area contributed by atoms with E-state index in [4.69, 9.17) is 9.47 Å². The topological polar surface area (TPSA) is 50.8 Å². The van der Waals surface area contributed by atoms with Crippen LogP contribution < -0.4 is 10.1 Å². The van der Waals surface area contributed by atoms with E-state index in [1.54, 1.807) is 23.5 Å². The van der Waals surface area contributed by atoms with Gasteiger partial charge in [-0.05, 0) is 60.5 Å². The van der Waals surface area contributed by atoms with E-state index in [0.717, 1.165) is 32.1 Å². The van der Waals surface area contributed by atoms with Crippen molar-refractivity contribution in [3.63, 3.8) is 0 Å². The number of benzene rings is 1. The number of nitrogens with zero attached hydrogens (tertiary/aromatic N) is 1. The fourth-order valence-electron chi connectivity index (χ4n) is 3.06. The molecule has 1 amide bonds. The summed E-state index contributed by atoms with van der Waals surface area (Å²) < 4.78 is 11.1. The third-order valence-corrected chi connectivity index (χ3v) is 5.06.